The quantitative estimate of drug-likeness (QED) is 0.256. The summed E-state index contributed by atoms with van der Waals surface area (Å²) >= 11 is 0. The van der Waals surface area contributed by atoms with Gasteiger partial charge in [0.15, 0.2) is 0 Å². The van der Waals surface area contributed by atoms with Gasteiger partial charge in [0.2, 0.25) is 0 Å². The highest BCUT2D eigenvalue weighted by molar-refractivity contribution is 5.97. The van der Waals surface area contributed by atoms with Crippen LogP contribution in [-0.4, -0.2) is 43.9 Å². The predicted molar refractivity (Wildman–Crippen MR) is 86.0 cm³/mol. The van der Waals surface area contributed by atoms with Crippen molar-refractivity contribution in [1.29, 1.82) is 5.26 Å². The Kier molecular flexibility index (Phi) is 14.7. The Labute approximate surface area is 133 Å². The summed E-state index contributed by atoms with van der Waals surface area (Å²) in [5.74, 6) is -0.362. The van der Waals surface area contributed by atoms with Gasteiger partial charge in [0.25, 0.3) is 5.91 Å². The Morgan fingerprint density at radius 1 is 1.18 bits per heavy atom. The number of hydrogen-bond donors (Lipinski definition) is 3. The van der Waals surface area contributed by atoms with Crippen molar-refractivity contribution < 1.29 is 14.6 Å². The van der Waals surface area contributed by atoms with E-state index in [2.05, 4.69) is 17.6 Å². The van der Waals surface area contributed by atoms with Crippen molar-refractivity contribution >= 4 is 5.91 Å². The zero-order valence-electron chi connectivity index (χ0n) is 13.6. The van der Waals surface area contributed by atoms with Crippen molar-refractivity contribution in [3.8, 4) is 6.07 Å². The van der Waals surface area contributed by atoms with Crippen LogP contribution in [0.25, 0.3) is 0 Å². The highest BCUT2D eigenvalue weighted by Gasteiger charge is 2.07. The lowest BCUT2D eigenvalue weighted by Crippen LogP contribution is -2.27. The maximum atomic E-state index is 11.8. The standard InChI is InChI=1S/C16H29N3O3/c1-2-3-11-22-12-7-9-19-16(21)15(13-17)14-18-8-5-4-6-10-20/h14,18,20H,2-12H2,1H3,(H,19,21)/b15-14-. The Hall–Kier alpha value is -1.58. The molecule has 0 rings (SSSR count). The van der Waals surface area contributed by atoms with Gasteiger partial charge in [-0.3, -0.25) is 4.79 Å². The van der Waals surface area contributed by atoms with E-state index in [1.807, 2.05) is 6.07 Å². The third-order valence-corrected chi connectivity index (χ3v) is 2.98. The molecule has 0 heterocycles. The molecule has 0 radical (unpaired) electrons. The molecule has 0 unspecified atom stereocenters. The Morgan fingerprint density at radius 2 is 1.95 bits per heavy atom. The topological polar surface area (TPSA) is 94.4 Å². The summed E-state index contributed by atoms with van der Waals surface area (Å²) in [6.45, 7) is 4.87. The van der Waals surface area contributed by atoms with Crippen LogP contribution in [0.4, 0.5) is 0 Å². The molecule has 0 aliphatic carbocycles. The van der Waals surface area contributed by atoms with Gasteiger partial charge in [-0.1, -0.05) is 13.3 Å². The van der Waals surface area contributed by atoms with Crippen LogP contribution in [0.15, 0.2) is 11.8 Å². The van der Waals surface area contributed by atoms with Gasteiger partial charge >= 0.3 is 0 Å². The molecule has 0 aromatic heterocycles. The van der Waals surface area contributed by atoms with Crippen molar-refractivity contribution in [3.63, 3.8) is 0 Å². The van der Waals surface area contributed by atoms with E-state index in [4.69, 9.17) is 15.1 Å². The number of nitrogens with zero attached hydrogens (tertiary/aromatic N) is 1. The van der Waals surface area contributed by atoms with Crippen LogP contribution < -0.4 is 10.6 Å². The number of ether oxygens (including phenoxy) is 1. The van der Waals surface area contributed by atoms with E-state index in [1.165, 1.54) is 6.20 Å². The van der Waals surface area contributed by atoms with E-state index < -0.39 is 0 Å². The summed E-state index contributed by atoms with van der Waals surface area (Å²) in [5.41, 5.74) is 0.0778. The molecule has 0 saturated carbocycles. The predicted octanol–water partition coefficient (Wildman–Crippen LogP) is 1.47. The third kappa shape index (κ3) is 12.2. The van der Waals surface area contributed by atoms with Crippen molar-refractivity contribution in [2.24, 2.45) is 0 Å². The van der Waals surface area contributed by atoms with Crippen LogP contribution in [-0.2, 0) is 9.53 Å². The lowest BCUT2D eigenvalue weighted by Gasteiger charge is -2.06. The van der Waals surface area contributed by atoms with Crippen molar-refractivity contribution in [2.45, 2.75) is 45.4 Å². The van der Waals surface area contributed by atoms with Gasteiger partial charge in [-0.25, -0.2) is 0 Å². The fraction of sp³-hybridized carbons (Fsp3) is 0.750. The number of carbonyl (C=O) groups excluding carboxylic acids is 1. The maximum Gasteiger partial charge on any atom is 0.263 e. The Bertz CT molecular complexity index is 351. The smallest absolute Gasteiger partial charge is 0.263 e. The van der Waals surface area contributed by atoms with Gasteiger partial charge in [0.1, 0.15) is 11.6 Å². The minimum absolute atomic E-state index is 0.0778. The van der Waals surface area contributed by atoms with Crippen LogP contribution in [0, 0.1) is 11.3 Å². The molecule has 0 bridgehead atoms. The second-order valence-corrected chi connectivity index (χ2v) is 4.98. The second kappa shape index (κ2) is 15.8. The summed E-state index contributed by atoms with van der Waals surface area (Å²) in [6.07, 6.45) is 6.94. The Morgan fingerprint density at radius 3 is 2.64 bits per heavy atom. The summed E-state index contributed by atoms with van der Waals surface area (Å²) in [4.78, 5) is 11.8. The molecule has 0 aliphatic heterocycles. The molecule has 0 aromatic rings. The van der Waals surface area contributed by atoms with Gasteiger partial charge in [-0.2, -0.15) is 5.26 Å². The molecule has 0 atom stereocenters. The molecule has 0 aliphatic rings. The van der Waals surface area contributed by atoms with E-state index >= 15 is 0 Å². The normalized spacial score (nSPS) is 11.0. The molecule has 0 fully saturated rings. The second-order valence-electron chi connectivity index (χ2n) is 4.98. The van der Waals surface area contributed by atoms with Crippen LogP contribution in [0.5, 0.6) is 0 Å². The summed E-state index contributed by atoms with van der Waals surface area (Å²) in [7, 11) is 0. The first-order chi connectivity index (χ1) is 10.8. The average Bonchev–Trinajstić information content (AvgIpc) is 2.53. The van der Waals surface area contributed by atoms with Crippen LogP contribution in [0.1, 0.15) is 45.4 Å². The molecular formula is C16H29N3O3. The molecule has 3 N–H and O–H groups in total. The lowest BCUT2D eigenvalue weighted by atomic mass is 10.2. The molecule has 22 heavy (non-hydrogen) atoms. The number of aliphatic hydroxyl groups excluding tert-OH is 1. The number of aliphatic hydroxyl groups is 1. The minimum atomic E-state index is -0.362. The van der Waals surface area contributed by atoms with E-state index in [0.29, 0.717) is 19.7 Å². The lowest BCUT2D eigenvalue weighted by molar-refractivity contribution is -0.117. The number of hydrogen-bond acceptors (Lipinski definition) is 5. The van der Waals surface area contributed by atoms with Crippen LogP contribution in [0.3, 0.4) is 0 Å². The molecule has 0 aromatic carbocycles. The number of rotatable bonds is 14. The van der Waals surface area contributed by atoms with Gasteiger partial charge in [-0.05, 0) is 32.1 Å². The minimum Gasteiger partial charge on any atom is -0.396 e. The van der Waals surface area contributed by atoms with E-state index in [0.717, 1.165) is 45.1 Å². The summed E-state index contributed by atoms with van der Waals surface area (Å²) in [6, 6.07) is 1.89. The molecule has 6 nitrogen and oxygen atoms in total. The fourth-order valence-electron chi connectivity index (χ4n) is 1.66. The van der Waals surface area contributed by atoms with Crippen molar-refractivity contribution in [3.05, 3.63) is 11.8 Å². The summed E-state index contributed by atoms with van der Waals surface area (Å²) in [5, 5.41) is 23.3. The SMILES string of the molecule is CCCCOCCCNC(=O)/C(C#N)=C\NCCCCCO. The third-order valence-electron chi connectivity index (χ3n) is 2.98. The zero-order valence-corrected chi connectivity index (χ0v) is 13.6. The van der Waals surface area contributed by atoms with Crippen molar-refractivity contribution in [1.82, 2.24) is 10.6 Å². The first kappa shape index (κ1) is 20.4. The van der Waals surface area contributed by atoms with E-state index in [9.17, 15) is 4.79 Å². The molecule has 6 heteroatoms. The average molecular weight is 311 g/mol. The molecule has 0 saturated heterocycles. The highest BCUT2D eigenvalue weighted by Crippen LogP contribution is 1.95. The van der Waals surface area contributed by atoms with Crippen molar-refractivity contribution in [2.75, 3.05) is 32.9 Å². The first-order valence-electron chi connectivity index (χ1n) is 8.06. The van der Waals surface area contributed by atoms with Gasteiger partial charge < -0.3 is 20.5 Å². The van der Waals surface area contributed by atoms with E-state index in [-0.39, 0.29) is 18.1 Å². The highest BCUT2D eigenvalue weighted by atomic mass is 16.5. The zero-order chi connectivity index (χ0) is 16.5. The maximum absolute atomic E-state index is 11.8. The first-order valence-corrected chi connectivity index (χ1v) is 8.06. The monoisotopic (exact) mass is 311 g/mol. The molecule has 1 amide bonds. The number of nitriles is 1. The number of carbonyl (C=O) groups is 1. The molecule has 126 valence electrons. The number of nitrogens with one attached hydrogen (secondary N) is 2. The summed E-state index contributed by atoms with van der Waals surface area (Å²) < 4.78 is 5.39. The fourth-order valence-corrected chi connectivity index (χ4v) is 1.66. The number of amides is 1. The van der Waals surface area contributed by atoms with Crippen LogP contribution >= 0.6 is 0 Å². The molecular weight excluding hydrogens is 282 g/mol. The Balaban J connectivity index is 3.74. The molecule has 0 spiro atoms. The van der Waals surface area contributed by atoms with Crippen LogP contribution in [0.2, 0.25) is 0 Å². The van der Waals surface area contributed by atoms with Gasteiger partial charge in [0, 0.05) is 39.1 Å². The van der Waals surface area contributed by atoms with Gasteiger partial charge in [-0.15, -0.1) is 0 Å². The van der Waals surface area contributed by atoms with Gasteiger partial charge in [0.05, 0.1) is 0 Å². The van der Waals surface area contributed by atoms with E-state index in [1.54, 1.807) is 0 Å². The largest absolute Gasteiger partial charge is 0.396 e. The number of unbranched alkanes of at least 4 members (excludes halogenated alkanes) is 3.